The van der Waals surface area contributed by atoms with Gasteiger partial charge in [-0.05, 0) is 5.56 Å². The minimum atomic E-state index is -7.59. The number of carbonyl (C=O) groups excluding carboxylic acids is 1. The number of hydrogen-bond acceptors (Lipinski definition) is 3. The molecule has 1 aromatic rings. The minimum Gasteiger partial charge on any atom is -0.456 e. The summed E-state index contributed by atoms with van der Waals surface area (Å²) in [6.45, 7) is 0.0500. The Balaban J connectivity index is 2.91. The molecule has 0 aliphatic rings. The Bertz CT molecular complexity index is 788. The Morgan fingerprint density at radius 3 is 1.81 bits per heavy atom. The molecule has 1 N–H and O–H groups in total. The highest BCUT2D eigenvalue weighted by Gasteiger charge is 2.87. The van der Waals surface area contributed by atoms with Crippen molar-refractivity contribution in [2.75, 3.05) is 6.61 Å². The first-order chi connectivity index (χ1) is 13.8. The largest absolute Gasteiger partial charge is 0.460 e. The number of halogens is 11. The summed E-state index contributed by atoms with van der Waals surface area (Å²) < 4.78 is 145. The van der Waals surface area contributed by atoms with Crippen LogP contribution in [0.5, 0.6) is 0 Å². The first-order valence-electron chi connectivity index (χ1n) is 7.95. The normalized spacial score (nSPS) is 14.8. The van der Waals surface area contributed by atoms with Crippen LogP contribution < -0.4 is 0 Å². The van der Waals surface area contributed by atoms with Gasteiger partial charge in [-0.2, -0.15) is 48.3 Å². The number of rotatable bonds is 9. The quantitative estimate of drug-likeness (QED) is 0.300. The van der Waals surface area contributed by atoms with E-state index in [4.69, 9.17) is 0 Å². The van der Waals surface area contributed by atoms with Crippen molar-refractivity contribution in [1.29, 1.82) is 0 Å². The van der Waals surface area contributed by atoms with Gasteiger partial charge in [-0.15, -0.1) is 0 Å². The lowest BCUT2D eigenvalue weighted by atomic mass is 9.98. The lowest BCUT2D eigenvalue weighted by Gasteiger charge is -2.36. The maximum atomic E-state index is 13.5. The van der Waals surface area contributed by atoms with E-state index in [1.54, 1.807) is 6.07 Å². The monoisotopic (exact) mass is 474 g/mol. The van der Waals surface area contributed by atoms with Gasteiger partial charge >= 0.3 is 35.8 Å². The molecule has 0 aromatic heterocycles. The SMILES string of the molecule is C=C(CC(O)c1ccccc1)C(=O)OCC(F)(F)C(F)(F)C(F)(F)C(F)(F)C(F)(F)F. The molecule has 31 heavy (non-hydrogen) atoms. The van der Waals surface area contributed by atoms with Crippen molar-refractivity contribution in [2.45, 2.75) is 42.4 Å². The second-order valence-electron chi connectivity index (χ2n) is 6.24. The topological polar surface area (TPSA) is 46.5 Å². The molecule has 0 amide bonds. The van der Waals surface area contributed by atoms with Crippen LogP contribution in [-0.2, 0) is 9.53 Å². The summed E-state index contributed by atoms with van der Waals surface area (Å²) in [5.74, 6) is -30.6. The molecule has 1 rings (SSSR count). The smallest absolute Gasteiger partial charge is 0.456 e. The summed E-state index contributed by atoms with van der Waals surface area (Å²) in [6.07, 6.45) is -9.42. The lowest BCUT2D eigenvalue weighted by Crippen LogP contribution is -2.67. The molecule has 3 nitrogen and oxygen atoms in total. The van der Waals surface area contributed by atoms with Gasteiger partial charge in [-0.3, -0.25) is 0 Å². The molecule has 0 aliphatic heterocycles. The Morgan fingerprint density at radius 2 is 1.35 bits per heavy atom. The molecule has 1 atom stereocenters. The van der Waals surface area contributed by atoms with Crippen molar-refractivity contribution < 1.29 is 62.9 Å². The summed E-state index contributed by atoms with van der Waals surface area (Å²) in [7, 11) is 0. The Kier molecular flexibility index (Phi) is 7.42. The number of ether oxygens (including phenoxy) is 1. The zero-order chi connectivity index (χ0) is 24.5. The first-order valence-corrected chi connectivity index (χ1v) is 7.95. The van der Waals surface area contributed by atoms with Crippen LogP contribution in [0.15, 0.2) is 42.5 Å². The van der Waals surface area contributed by atoms with Crippen LogP contribution in [0.3, 0.4) is 0 Å². The molecule has 0 bridgehead atoms. The van der Waals surface area contributed by atoms with E-state index in [2.05, 4.69) is 11.3 Å². The van der Waals surface area contributed by atoms with Crippen molar-refractivity contribution in [2.24, 2.45) is 0 Å². The van der Waals surface area contributed by atoms with E-state index in [-0.39, 0.29) is 5.56 Å². The van der Waals surface area contributed by atoms with Crippen molar-refractivity contribution in [1.82, 2.24) is 0 Å². The molecule has 0 radical (unpaired) electrons. The highest BCUT2D eigenvalue weighted by atomic mass is 19.4. The average Bonchev–Trinajstić information content (AvgIpc) is 2.65. The number of hydrogen-bond donors (Lipinski definition) is 1. The van der Waals surface area contributed by atoms with E-state index in [1.807, 2.05) is 0 Å². The third-order valence-corrected chi connectivity index (χ3v) is 3.90. The van der Waals surface area contributed by atoms with E-state index in [9.17, 15) is 58.2 Å². The van der Waals surface area contributed by atoms with Crippen molar-refractivity contribution in [3.05, 3.63) is 48.0 Å². The van der Waals surface area contributed by atoms with Crippen molar-refractivity contribution >= 4 is 5.97 Å². The first kappa shape index (κ1) is 26.7. The van der Waals surface area contributed by atoms with Crippen LogP contribution in [0.25, 0.3) is 0 Å². The van der Waals surface area contributed by atoms with Gasteiger partial charge in [0.1, 0.15) is 0 Å². The number of benzene rings is 1. The Morgan fingerprint density at radius 1 is 0.871 bits per heavy atom. The number of esters is 1. The maximum absolute atomic E-state index is 13.5. The molecule has 0 aliphatic carbocycles. The van der Waals surface area contributed by atoms with E-state index < -0.39 is 60.5 Å². The summed E-state index contributed by atoms with van der Waals surface area (Å²) >= 11 is 0. The van der Waals surface area contributed by atoms with Gasteiger partial charge in [0.2, 0.25) is 0 Å². The fourth-order valence-corrected chi connectivity index (χ4v) is 2.06. The number of alkyl halides is 11. The molecule has 0 saturated heterocycles. The van der Waals surface area contributed by atoms with Gasteiger partial charge in [0.05, 0.1) is 6.10 Å². The second kappa shape index (κ2) is 8.63. The van der Waals surface area contributed by atoms with Gasteiger partial charge in [-0.1, -0.05) is 36.9 Å². The predicted molar refractivity (Wildman–Crippen MR) is 82.0 cm³/mol. The fourth-order valence-electron chi connectivity index (χ4n) is 2.06. The third-order valence-electron chi connectivity index (χ3n) is 3.90. The average molecular weight is 474 g/mol. The zero-order valence-corrected chi connectivity index (χ0v) is 15.0. The highest BCUT2D eigenvalue weighted by Crippen LogP contribution is 2.57. The van der Waals surface area contributed by atoms with E-state index in [1.165, 1.54) is 24.3 Å². The predicted octanol–water partition coefficient (Wildman–Crippen LogP) is 5.31. The van der Waals surface area contributed by atoms with Crippen LogP contribution in [0, 0.1) is 0 Å². The van der Waals surface area contributed by atoms with Crippen LogP contribution in [0.1, 0.15) is 18.1 Å². The Hall–Kier alpha value is -2.38. The molecule has 1 aromatic carbocycles. The van der Waals surface area contributed by atoms with Crippen LogP contribution >= 0.6 is 0 Å². The summed E-state index contributed by atoms with van der Waals surface area (Å²) in [4.78, 5) is 11.6. The van der Waals surface area contributed by atoms with Crippen molar-refractivity contribution in [3.63, 3.8) is 0 Å². The van der Waals surface area contributed by atoms with Gasteiger partial charge in [0, 0.05) is 12.0 Å². The molecule has 0 heterocycles. The highest BCUT2D eigenvalue weighted by molar-refractivity contribution is 5.87. The molecule has 0 saturated carbocycles. The summed E-state index contributed by atoms with van der Waals surface area (Å²) in [6, 6.07) is 7.25. The minimum absolute atomic E-state index is 0.210. The lowest BCUT2D eigenvalue weighted by molar-refractivity contribution is -0.423. The van der Waals surface area contributed by atoms with Crippen molar-refractivity contribution in [3.8, 4) is 0 Å². The molecule has 14 heteroatoms. The molecule has 0 spiro atoms. The zero-order valence-electron chi connectivity index (χ0n) is 15.0. The number of aliphatic hydroxyl groups is 1. The van der Waals surface area contributed by atoms with Gasteiger partial charge < -0.3 is 9.84 Å². The van der Waals surface area contributed by atoms with Crippen LogP contribution in [0.2, 0.25) is 0 Å². The van der Waals surface area contributed by atoms with Gasteiger partial charge in [0.25, 0.3) is 0 Å². The van der Waals surface area contributed by atoms with E-state index >= 15 is 0 Å². The number of carbonyl (C=O) groups is 1. The maximum Gasteiger partial charge on any atom is 0.460 e. The van der Waals surface area contributed by atoms with Crippen LogP contribution in [0.4, 0.5) is 48.3 Å². The molecular formula is C17H13F11O3. The van der Waals surface area contributed by atoms with Gasteiger partial charge in [-0.25, -0.2) is 4.79 Å². The second-order valence-corrected chi connectivity index (χ2v) is 6.24. The molecule has 176 valence electrons. The van der Waals surface area contributed by atoms with Crippen LogP contribution in [-0.4, -0.2) is 47.5 Å². The molecular weight excluding hydrogens is 461 g/mol. The van der Waals surface area contributed by atoms with E-state index in [0.29, 0.717) is 0 Å². The fraction of sp³-hybridized carbons (Fsp3) is 0.471. The number of aliphatic hydroxyl groups excluding tert-OH is 1. The third kappa shape index (κ3) is 5.10. The molecule has 1 unspecified atom stereocenters. The van der Waals surface area contributed by atoms with E-state index in [0.717, 1.165) is 0 Å². The Labute approximate surface area is 167 Å². The standard InChI is InChI=1S/C17H13F11O3/c1-9(7-11(29)10-5-3-2-4-6-10)12(30)31-8-13(18,19)14(20,21)15(22,23)16(24,25)17(26,27)28/h2-6,11,29H,1,7-8H2. The van der Waals surface area contributed by atoms with Gasteiger partial charge in [0.15, 0.2) is 6.61 Å². The summed E-state index contributed by atoms with van der Waals surface area (Å²) in [5.41, 5.74) is -0.592. The summed E-state index contributed by atoms with van der Waals surface area (Å²) in [5, 5.41) is 9.84. The molecule has 0 fully saturated rings.